The molecule has 0 saturated carbocycles. The topological polar surface area (TPSA) is 9.23 Å². The first-order chi connectivity index (χ1) is 7.17. The van der Waals surface area contributed by atoms with Gasteiger partial charge in [0.15, 0.2) is 0 Å². The van der Waals surface area contributed by atoms with Crippen LogP contribution in [0.1, 0.15) is 41.5 Å². The van der Waals surface area contributed by atoms with E-state index >= 15 is 0 Å². The summed E-state index contributed by atoms with van der Waals surface area (Å²) in [4.78, 5) is 0. The second-order valence-electron chi connectivity index (χ2n) is 6.56. The summed E-state index contributed by atoms with van der Waals surface area (Å²) in [5.41, 5.74) is -0.109. The number of ether oxygens (including phenoxy) is 1. The van der Waals surface area contributed by atoms with Gasteiger partial charge in [-0.25, -0.2) is 0 Å². The fraction of sp³-hybridized carbons (Fsp3) is 0.571. The molecule has 0 atom stereocenters. The van der Waals surface area contributed by atoms with Crippen molar-refractivity contribution in [3.8, 4) is 5.75 Å². The van der Waals surface area contributed by atoms with Gasteiger partial charge in [0.05, 0.1) is 5.75 Å². The average Bonchev–Trinajstić information content (AvgIpc) is 2.03. The monoisotopic (exact) mass is 266 g/mol. The molecule has 0 N–H and O–H groups in total. The molecule has 0 saturated heterocycles. The van der Waals surface area contributed by atoms with Gasteiger partial charge >= 0.3 is 20.4 Å². The highest BCUT2D eigenvalue weighted by Gasteiger charge is 2.21. The minimum atomic E-state index is -0.296. The summed E-state index contributed by atoms with van der Waals surface area (Å²) < 4.78 is 7.88. The molecule has 94 valence electrons. The lowest BCUT2D eigenvalue weighted by Gasteiger charge is -2.25. The van der Waals surface area contributed by atoms with E-state index in [1.54, 1.807) is 0 Å². The van der Waals surface area contributed by atoms with Crippen LogP contribution < -0.4 is 8.43 Å². The van der Waals surface area contributed by atoms with E-state index in [4.69, 9.17) is 4.74 Å². The molecule has 0 aromatic heterocycles. The predicted octanol–water partition coefficient (Wildman–Crippen LogP) is 3.83. The predicted molar refractivity (Wildman–Crippen MR) is 79.2 cm³/mol. The van der Waals surface area contributed by atoms with E-state index in [0.29, 0.717) is 3.54 Å². The second-order valence-corrected chi connectivity index (χ2v) is 9.80. The van der Waals surface area contributed by atoms with E-state index in [0.717, 1.165) is 5.75 Å². The Hall–Kier alpha value is 0.0762. The SMILES string of the molecule is CC(C)(C)Oc1cccc[c]1[Mg][C](C)(C)C.Cl. The summed E-state index contributed by atoms with van der Waals surface area (Å²) in [6, 6.07) is 8.49. The fourth-order valence-electron chi connectivity index (χ4n) is 1.65. The number of benzene rings is 1. The van der Waals surface area contributed by atoms with Crippen LogP contribution in [-0.4, -0.2) is 26.0 Å². The Morgan fingerprint density at radius 1 is 0.941 bits per heavy atom. The van der Waals surface area contributed by atoms with Crippen molar-refractivity contribution in [3.05, 3.63) is 24.3 Å². The van der Waals surface area contributed by atoms with Crippen molar-refractivity contribution in [1.29, 1.82) is 0 Å². The lowest BCUT2D eigenvalue weighted by Crippen LogP contribution is -2.30. The molecular formula is C14H23ClMgO. The molecule has 0 aliphatic carbocycles. The van der Waals surface area contributed by atoms with Crippen molar-refractivity contribution >= 4 is 36.5 Å². The van der Waals surface area contributed by atoms with Crippen LogP contribution in [0, 0.1) is 0 Å². The number of hydrogen-bond donors (Lipinski definition) is 0. The Morgan fingerprint density at radius 3 is 1.94 bits per heavy atom. The van der Waals surface area contributed by atoms with Crippen LogP contribution in [0.15, 0.2) is 24.3 Å². The lowest BCUT2D eigenvalue weighted by molar-refractivity contribution is 0.132. The minimum Gasteiger partial charge on any atom is -0.491 e. The van der Waals surface area contributed by atoms with Gasteiger partial charge in [0.2, 0.25) is 0 Å². The number of halogens is 1. The highest BCUT2D eigenvalue weighted by molar-refractivity contribution is 6.57. The largest absolute Gasteiger partial charge is 0.491 e. The van der Waals surface area contributed by atoms with Crippen molar-refractivity contribution in [2.75, 3.05) is 0 Å². The van der Waals surface area contributed by atoms with Gasteiger partial charge in [-0.1, -0.05) is 39.0 Å². The Balaban J connectivity index is 0.00000256. The molecule has 0 bridgehead atoms. The van der Waals surface area contributed by atoms with Gasteiger partial charge in [0, 0.05) is 0 Å². The molecule has 0 aliphatic heterocycles. The van der Waals surface area contributed by atoms with E-state index < -0.39 is 0 Å². The number of hydrogen-bond acceptors (Lipinski definition) is 1. The number of para-hydroxylation sites is 1. The third-order valence-corrected chi connectivity index (χ3v) is 4.14. The van der Waals surface area contributed by atoms with E-state index in [2.05, 4.69) is 65.8 Å². The van der Waals surface area contributed by atoms with Crippen LogP contribution in [-0.2, 0) is 0 Å². The molecule has 1 aromatic rings. The normalized spacial score (nSPS) is 11.4. The van der Waals surface area contributed by atoms with E-state index in [1.807, 2.05) is 0 Å². The average molecular weight is 267 g/mol. The first kappa shape index (κ1) is 17.1. The summed E-state index contributed by atoms with van der Waals surface area (Å²) in [5.74, 6) is 1.08. The molecule has 0 radical (unpaired) electrons. The molecule has 0 aliphatic rings. The molecule has 0 spiro atoms. The Bertz CT molecular complexity index is 315. The third kappa shape index (κ3) is 7.17. The van der Waals surface area contributed by atoms with Crippen molar-refractivity contribution < 1.29 is 4.74 Å². The standard InChI is InChI=1S/C10H13O.C4H9.ClH.Mg/c1-10(2,3)11-9-7-5-4-6-8-9;1-4(2)3;;/h4-7H,1-3H3;1-3H3;1H;. The fourth-order valence-corrected chi connectivity index (χ4v) is 3.41. The first-order valence-electron chi connectivity index (χ1n) is 5.94. The van der Waals surface area contributed by atoms with Gasteiger partial charge in [-0.15, -0.1) is 19.6 Å². The Kier molecular flexibility index (Phi) is 6.33. The van der Waals surface area contributed by atoms with E-state index in [-0.39, 0.29) is 38.4 Å². The first-order valence-corrected chi connectivity index (χ1v) is 7.36. The summed E-state index contributed by atoms with van der Waals surface area (Å²) in [7, 11) is 0. The van der Waals surface area contributed by atoms with Crippen LogP contribution in [0.5, 0.6) is 5.75 Å². The molecule has 0 amide bonds. The highest BCUT2D eigenvalue weighted by atomic mass is 35.5. The molecule has 17 heavy (non-hydrogen) atoms. The Morgan fingerprint density at radius 2 is 1.47 bits per heavy atom. The van der Waals surface area contributed by atoms with E-state index in [1.165, 1.54) is 3.69 Å². The quantitative estimate of drug-likeness (QED) is 0.740. The molecule has 0 fully saturated rings. The molecule has 1 nitrogen and oxygen atoms in total. The molecular weight excluding hydrogens is 244 g/mol. The van der Waals surface area contributed by atoms with E-state index in [9.17, 15) is 0 Å². The van der Waals surface area contributed by atoms with Crippen LogP contribution in [0.25, 0.3) is 0 Å². The van der Waals surface area contributed by atoms with Crippen LogP contribution in [0.2, 0.25) is 3.54 Å². The summed E-state index contributed by atoms with van der Waals surface area (Å²) in [6.45, 7) is 13.2. The number of rotatable bonds is 2. The summed E-state index contributed by atoms with van der Waals surface area (Å²) >= 11 is -0.296. The van der Waals surface area contributed by atoms with Crippen LogP contribution in [0.4, 0.5) is 0 Å². The highest BCUT2D eigenvalue weighted by Crippen LogP contribution is 2.23. The molecule has 0 heterocycles. The minimum absolute atomic E-state index is 0. The van der Waals surface area contributed by atoms with Crippen molar-refractivity contribution in [2.45, 2.75) is 50.7 Å². The van der Waals surface area contributed by atoms with Gasteiger partial charge in [0.25, 0.3) is 0 Å². The van der Waals surface area contributed by atoms with Crippen molar-refractivity contribution in [3.63, 3.8) is 0 Å². The molecule has 0 unspecified atom stereocenters. The molecule has 1 rings (SSSR count). The van der Waals surface area contributed by atoms with Crippen molar-refractivity contribution in [2.24, 2.45) is 0 Å². The van der Waals surface area contributed by atoms with Crippen LogP contribution in [0.3, 0.4) is 0 Å². The zero-order chi connectivity index (χ0) is 12.4. The maximum Gasteiger partial charge on any atom is 0.421 e. The lowest BCUT2D eigenvalue weighted by atomic mass is 10.2. The van der Waals surface area contributed by atoms with Crippen LogP contribution >= 0.6 is 12.4 Å². The Labute approximate surface area is 121 Å². The van der Waals surface area contributed by atoms with Crippen molar-refractivity contribution in [1.82, 2.24) is 0 Å². The maximum absolute atomic E-state index is 6.01. The summed E-state index contributed by atoms with van der Waals surface area (Å²) in [6.07, 6.45) is 0. The van der Waals surface area contributed by atoms with Gasteiger partial charge in [0.1, 0.15) is 5.60 Å². The maximum atomic E-state index is 6.01. The zero-order valence-electron chi connectivity index (χ0n) is 11.8. The van der Waals surface area contributed by atoms with Gasteiger partial charge in [-0.2, -0.15) is 0 Å². The zero-order valence-corrected chi connectivity index (χ0v) is 14.1. The van der Waals surface area contributed by atoms with Gasteiger partial charge in [-0.3, -0.25) is 0 Å². The summed E-state index contributed by atoms with van der Waals surface area (Å²) in [5, 5.41) is 0. The van der Waals surface area contributed by atoms with Gasteiger partial charge in [-0.05, 0) is 26.8 Å². The third-order valence-electron chi connectivity index (χ3n) is 2.11. The van der Waals surface area contributed by atoms with Gasteiger partial charge < -0.3 is 4.74 Å². The molecule has 1 aromatic carbocycles. The second kappa shape index (κ2) is 6.30. The smallest absolute Gasteiger partial charge is 0.421 e. The molecule has 3 heteroatoms.